The van der Waals surface area contributed by atoms with Gasteiger partial charge < -0.3 is 37.9 Å². The van der Waals surface area contributed by atoms with Gasteiger partial charge >= 0.3 is 11.9 Å². The molecule has 52 heavy (non-hydrogen) atoms. The van der Waals surface area contributed by atoms with Crippen LogP contribution in [0.15, 0.2) is 72.8 Å². The first-order chi connectivity index (χ1) is 25.6. The van der Waals surface area contributed by atoms with Crippen molar-refractivity contribution >= 4 is 11.9 Å². The Bertz CT molecular complexity index is 1460. The molecule has 7 rings (SSSR count). The minimum atomic E-state index is -0.527. The normalized spacial score (nSPS) is 24.2. The zero-order valence-electron chi connectivity index (χ0n) is 29.8. The van der Waals surface area contributed by atoms with Crippen molar-refractivity contribution < 1.29 is 47.5 Å². The summed E-state index contributed by atoms with van der Waals surface area (Å²) < 4.78 is 45.6. The molecule has 4 aliphatic rings. The third-order valence-electron chi connectivity index (χ3n) is 10.3. The SMILES string of the molecule is O=C(Oc1ccc(OCCCCOCC2CCC3OC3C2)cc1)c1ccc(C(=O)Oc2ccc(OCCCCOCC3CCC4OC4C3)cc2)cc1. The molecule has 0 amide bonds. The molecule has 0 radical (unpaired) electrons. The van der Waals surface area contributed by atoms with Crippen LogP contribution in [0.1, 0.15) is 84.9 Å². The molecule has 0 spiro atoms. The van der Waals surface area contributed by atoms with E-state index in [1.54, 1.807) is 72.8 Å². The summed E-state index contributed by atoms with van der Waals surface area (Å²) >= 11 is 0. The van der Waals surface area contributed by atoms with Gasteiger partial charge in [-0.05, 0) is 149 Å². The number of hydrogen-bond acceptors (Lipinski definition) is 10. The molecule has 2 saturated carbocycles. The average molecular weight is 715 g/mol. The monoisotopic (exact) mass is 714 g/mol. The summed E-state index contributed by atoms with van der Waals surface area (Å²) in [4.78, 5) is 25.4. The van der Waals surface area contributed by atoms with Crippen LogP contribution in [-0.2, 0) is 18.9 Å². The van der Waals surface area contributed by atoms with Crippen molar-refractivity contribution in [1.82, 2.24) is 0 Å². The highest BCUT2D eigenvalue weighted by atomic mass is 16.6. The molecule has 0 N–H and O–H groups in total. The van der Waals surface area contributed by atoms with Crippen molar-refractivity contribution in [2.45, 2.75) is 88.6 Å². The molecule has 3 aromatic carbocycles. The third-order valence-corrected chi connectivity index (χ3v) is 10.3. The molecule has 0 bridgehead atoms. The van der Waals surface area contributed by atoms with Crippen LogP contribution in [0.25, 0.3) is 0 Å². The summed E-state index contributed by atoms with van der Waals surface area (Å²) in [7, 11) is 0. The maximum absolute atomic E-state index is 12.7. The summed E-state index contributed by atoms with van der Waals surface area (Å²) in [5.74, 6) is 2.44. The van der Waals surface area contributed by atoms with Crippen LogP contribution in [0.2, 0.25) is 0 Å². The number of esters is 2. The summed E-state index contributed by atoms with van der Waals surface area (Å²) in [6.07, 6.45) is 12.8. The number of rotatable bonds is 20. The first-order valence-corrected chi connectivity index (χ1v) is 19.0. The molecule has 278 valence electrons. The van der Waals surface area contributed by atoms with E-state index in [0.29, 0.717) is 83.6 Å². The Morgan fingerprint density at radius 1 is 0.481 bits per heavy atom. The lowest BCUT2D eigenvalue weighted by molar-refractivity contribution is 0.0720. The van der Waals surface area contributed by atoms with Crippen molar-refractivity contribution in [3.8, 4) is 23.0 Å². The van der Waals surface area contributed by atoms with E-state index in [1.807, 2.05) is 0 Å². The lowest BCUT2D eigenvalue weighted by atomic mass is 9.90. The van der Waals surface area contributed by atoms with E-state index < -0.39 is 11.9 Å². The fourth-order valence-electron chi connectivity index (χ4n) is 7.05. The number of epoxide rings is 2. The molecule has 10 heteroatoms. The zero-order chi connectivity index (χ0) is 35.5. The molecule has 6 unspecified atom stereocenters. The molecular weight excluding hydrogens is 664 g/mol. The largest absolute Gasteiger partial charge is 0.494 e. The van der Waals surface area contributed by atoms with E-state index in [2.05, 4.69) is 0 Å². The second kappa shape index (κ2) is 18.2. The summed E-state index contributed by atoms with van der Waals surface area (Å²) in [5.41, 5.74) is 0.632. The Morgan fingerprint density at radius 2 is 0.865 bits per heavy atom. The number of carbonyl (C=O) groups excluding carboxylic acids is 2. The second-order valence-corrected chi connectivity index (χ2v) is 14.3. The summed E-state index contributed by atoms with van der Waals surface area (Å²) in [5, 5.41) is 0. The molecule has 2 aliphatic heterocycles. The van der Waals surface area contributed by atoms with Crippen molar-refractivity contribution in [1.29, 1.82) is 0 Å². The lowest BCUT2D eigenvalue weighted by Crippen LogP contribution is -2.18. The minimum Gasteiger partial charge on any atom is -0.494 e. The van der Waals surface area contributed by atoms with E-state index in [-0.39, 0.29) is 0 Å². The predicted molar refractivity (Wildman–Crippen MR) is 192 cm³/mol. The number of unbranched alkanes of at least 4 members (excludes halogenated alkanes) is 2. The topological polar surface area (TPSA) is 115 Å². The van der Waals surface area contributed by atoms with Gasteiger partial charge in [-0.25, -0.2) is 9.59 Å². The zero-order valence-corrected chi connectivity index (χ0v) is 29.8. The van der Waals surface area contributed by atoms with E-state index in [9.17, 15) is 9.59 Å². The Labute approximate surface area is 306 Å². The molecule has 2 saturated heterocycles. The fourth-order valence-corrected chi connectivity index (χ4v) is 7.05. The highest BCUT2D eigenvalue weighted by molar-refractivity contribution is 5.94. The van der Waals surface area contributed by atoms with Gasteiger partial charge in [0.1, 0.15) is 23.0 Å². The van der Waals surface area contributed by atoms with Crippen LogP contribution in [0.4, 0.5) is 0 Å². The third kappa shape index (κ3) is 11.0. The molecule has 10 nitrogen and oxygen atoms in total. The Morgan fingerprint density at radius 3 is 1.27 bits per heavy atom. The first-order valence-electron chi connectivity index (χ1n) is 19.0. The van der Waals surface area contributed by atoms with Gasteiger partial charge in [0.05, 0.1) is 48.8 Å². The highest BCUT2D eigenvalue weighted by Gasteiger charge is 2.44. The second-order valence-electron chi connectivity index (χ2n) is 14.3. The van der Waals surface area contributed by atoms with Gasteiger partial charge in [0, 0.05) is 26.4 Å². The number of fused-ring (bicyclic) bond motifs is 2. The van der Waals surface area contributed by atoms with Crippen molar-refractivity contribution in [2.24, 2.45) is 11.8 Å². The number of carbonyl (C=O) groups is 2. The molecule has 2 heterocycles. The van der Waals surface area contributed by atoms with Gasteiger partial charge in [0.2, 0.25) is 0 Å². The summed E-state index contributed by atoms with van der Waals surface area (Å²) in [6, 6.07) is 20.1. The smallest absolute Gasteiger partial charge is 0.343 e. The standard InChI is InChI=1S/C42H50O10/c43-41(49-35-15-11-33(12-16-35)47-23-3-1-21-45-27-29-5-19-37-39(25-29)51-37)31-7-9-32(10-8-31)42(44)50-36-17-13-34(14-18-36)48-24-4-2-22-46-28-30-6-20-38-40(26-30)52-38/h7-18,29-30,37-40H,1-6,19-28H2. The van der Waals surface area contributed by atoms with Crippen LogP contribution in [0.5, 0.6) is 23.0 Å². The van der Waals surface area contributed by atoms with Gasteiger partial charge in [-0.15, -0.1) is 0 Å². The Hall–Kier alpha value is -3.96. The highest BCUT2D eigenvalue weighted by Crippen LogP contribution is 2.40. The average Bonchev–Trinajstić information content (AvgIpc) is 4.11. The molecular formula is C42H50O10. The van der Waals surface area contributed by atoms with Gasteiger partial charge in [0.15, 0.2) is 0 Å². The molecule has 2 aliphatic carbocycles. The number of benzene rings is 3. The predicted octanol–water partition coefficient (Wildman–Crippen LogP) is 7.61. The summed E-state index contributed by atoms with van der Waals surface area (Å²) in [6.45, 7) is 4.31. The van der Waals surface area contributed by atoms with E-state index in [4.69, 9.17) is 37.9 Å². The van der Waals surface area contributed by atoms with E-state index in [0.717, 1.165) is 65.0 Å². The lowest BCUT2D eigenvalue weighted by Gasteiger charge is -2.18. The van der Waals surface area contributed by atoms with Crippen molar-refractivity contribution in [3.63, 3.8) is 0 Å². The maximum Gasteiger partial charge on any atom is 0.343 e. The number of hydrogen-bond donors (Lipinski definition) is 0. The first kappa shape index (κ1) is 36.4. The van der Waals surface area contributed by atoms with Crippen LogP contribution in [0, 0.1) is 11.8 Å². The Kier molecular flexibility index (Phi) is 12.7. The van der Waals surface area contributed by atoms with E-state index >= 15 is 0 Å². The maximum atomic E-state index is 12.7. The molecule has 6 atom stereocenters. The van der Waals surface area contributed by atoms with Crippen LogP contribution < -0.4 is 18.9 Å². The van der Waals surface area contributed by atoms with Gasteiger partial charge in [-0.3, -0.25) is 0 Å². The van der Waals surface area contributed by atoms with Crippen LogP contribution >= 0.6 is 0 Å². The number of ether oxygens (including phenoxy) is 8. The van der Waals surface area contributed by atoms with Crippen LogP contribution in [-0.4, -0.2) is 76.0 Å². The quantitative estimate of drug-likeness (QED) is 0.0501. The van der Waals surface area contributed by atoms with Crippen molar-refractivity contribution in [3.05, 3.63) is 83.9 Å². The molecule has 4 fully saturated rings. The molecule has 0 aromatic heterocycles. The minimum absolute atomic E-state index is 0.316. The van der Waals surface area contributed by atoms with Crippen molar-refractivity contribution in [2.75, 3.05) is 39.6 Å². The van der Waals surface area contributed by atoms with Gasteiger partial charge in [0.25, 0.3) is 0 Å². The van der Waals surface area contributed by atoms with Gasteiger partial charge in [-0.1, -0.05) is 0 Å². The van der Waals surface area contributed by atoms with Gasteiger partial charge in [-0.2, -0.15) is 0 Å². The van der Waals surface area contributed by atoms with Crippen LogP contribution in [0.3, 0.4) is 0 Å². The van der Waals surface area contributed by atoms with E-state index in [1.165, 1.54) is 25.7 Å². The molecule has 3 aromatic rings. The fraction of sp³-hybridized carbons (Fsp3) is 0.524. The Balaban J connectivity index is 0.735.